The molecule has 0 atom stereocenters. The lowest BCUT2D eigenvalue weighted by Gasteiger charge is -2.06. The quantitative estimate of drug-likeness (QED) is 0.328. The van der Waals surface area contributed by atoms with E-state index in [9.17, 15) is 5.11 Å². The summed E-state index contributed by atoms with van der Waals surface area (Å²) in [6.45, 7) is 4.17. The van der Waals surface area contributed by atoms with E-state index in [0.29, 0.717) is 28.7 Å². The Labute approximate surface area is 166 Å². The third kappa shape index (κ3) is 3.94. The Morgan fingerprint density at radius 3 is 2.85 bits per heavy atom. The molecule has 0 aliphatic heterocycles. The molecule has 0 radical (unpaired) electrons. The van der Waals surface area contributed by atoms with Crippen LogP contribution in [0.3, 0.4) is 0 Å². The number of fused-ring (bicyclic) bond motifs is 1. The van der Waals surface area contributed by atoms with Crippen LogP contribution in [0.2, 0.25) is 5.02 Å². The highest BCUT2D eigenvalue weighted by Gasteiger charge is 2.15. The summed E-state index contributed by atoms with van der Waals surface area (Å²) in [5, 5.41) is 23.0. The van der Waals surface area contributed by atoms with Crippen LogP contribution in [0.4, 0.5) is 11.4 Å². The molecule has 3 rings (SSSR count). The van der Waals surface area contributed by atoms with Crippen molar-refractivity contribution in [3.63, 3.8) is 0 Å². The Bertz CT molecular complexity index is 1050. The number of hydrogen-bond acceptors (Lipinski definition) is 4. The van der Waals surface area contributed by atoms with Crippen LogP contribution in [0.25, 0.3) is 10.9 Å². The third-order valence-corrected chi connectivity index (χ3v) is 4.35. The maximum atomic E-state index is 10.5. The summed E-state index contributed by atoms with van der Waals surface area (Å²) in [7, 11) is 1.54. The van der Waals surface area contributed by atoms with E-state index in [4.69, 9.17) is 28.6 Å². The second-order valence-corrected chi connectivity index (χ2v) is 6.36. The molecule has 6 nitrogen and oxygen atoms in total. The van der Waals surface area contributed by atoms with Gasteiger partial charge in [0.1, 0.15) is 5.75 Å². The molecule has 1 heterocycles. The van der Waals surface area contributed by atoms with Crippen LogP contribution in [0.5, 0.6) is 11.6 Å². The van der Waals surface area contributed by atoms with Gasteiger partial charge in [-0.3, -0.25) is 0 Å². The molecule has 8 heteroatoms. The molecule has 0 saturated heterocycles. The summed E-state index contributed by atoms with van der Waals surface area (Å²) in [6, 6.07) is 12.7. The van der Waals surface area contributed by atoms with Gasteiger partial charge in [0.2, 0.25) is 11.0 Å². The van der Waals surface area contributed by atoms with Crippen molar-refractivity contribution in [3.8, 4) is 11.6 Å². The number of aromatic hydroxyl groups is 1. The molecule has 27 heavy (non-hydrogen) atoms. The van der Waals surface area contributed by atoms with Crippen molar-refractivity contribution in [2.75, 3.05) is 12.4 Å². The summed E-state index contributed by atoms with van der Waals surface area (Å²) in [6.07, 6.45) is 1.70. The van der Waals surface area contributed by atoms with E-state index in [-0.39, 0.29) is 11.0 Å². The number of benzene rings is 2. The smallest absolute Gasteiger partial charge is 0.221 e. The van der Waals surface area contributed by atoms with Gasteiger partial charge >= 0.3 is 0 Å². The third-order valence-electron chi connectivity index (χ3n) is 3.87. The van der Waals surface area contributed by atoms with Crippen molar-refractivity contribution in [1.82, 2.24) is 4.57 Å². The fourth-order valence-corrected chi connectivity index (χ4v) is 3.09. The lowest BCUT2D eigenvalue weighted by Crippen LogP contribution is -2.04. The van der Waals surface area contributed by atoms with Crippen molar-refractivity contribution in [2.45, 2.75) is 6.54 Å². The first-order valence-electron chi connectivity index (χ1n) is 8.02. The number of rotatable bonds is 5. The molecule has 0 bridgehead atoms. The number of nitrogens with zero attached hydrogens (tertiary/aromatic N) is 3. The standard InChI is InChI=1S/C19H17ClN4O2S/c1-3-10-24-15-7-5-4-6-13(15)17(18(24)25)22-23-19(27)21-12-8-9-16(26-2)14(20)11-12/h3-9,11,25H,1,10H2,2H3,(H,21,27). The van der Waals surface area contributed by atoms with Gasteiger partial charge in [0.05, 0.1) is 17.6 Å². The van der Waals surface area contributed by atoms with E-state index >= 15 is 0 Å². The molecule has 0 fully saturated rings. The molecule has 0 amide bonds. The van der Waals surface area contributed by atoms with E-state index in [1.807, 2.05) is 24.3 Å². The van der Waals surface area contributed by atoms with Crippen molar-refractivity contribution < 1.29 is 9.84 Å². The number of azo groups is 1. The number of aromatic nitrogens is 1. The minimum absolute atomic E-state index is 0.00939. The number of nitrogens with one attached hydrogen (secondary N) is 1. The molecule has 0 aliphatic carbocycles. The lowest BCUT2D eigenvalue weighted by molar-refractivity contribution is 0.415. The van der Waals surface area contributed by atoms with Gasteiger partial charge in [-0.25, -0.2) is 0 Å². The number of methoxy groups -OCH3 is 1. The van der Waals surface area contributed by atoms with Crippen molar-refractivity contribution >= 4 is 51.2 Å². The zero-order valence-electron chi connectivity index (χ0n) is 14.5. The number of hydrogen-bond donors (Lipinski definition) is 2. The van der Waals surface area contributed by atoms with Crippen LogP contribution < -0.4 is 10.1 Å². The first-order valence-corrected chi connectivity index (χ1v) is 8.81. The second kappa shape index (κ2) is 8.20. The molecule has 1 aromatic heterocycles. The van der Waals surface area contributed by atoms with Gasteiger partial charge in [-0.2, -0.15) is 0 Å². The molecule has 138 valence electrons. The summed E-state index contributed by atoms with van der Waals surface area (Å²) >= 11 is 11.3. The summed E-state index contributed by atoms with van der Waals surface area (Å²) < 4.78 is 6.82. The van der Waals surface area contributed by atoms with Crippen molar-refractivity contribution in [2.24, 2.45) is 10.2 Å². The molecule has 0 spiro atoms. The van der Waals surface area contributed by atoms with E-state index in [2.05, 4.69) is 22.1 Å². The van der Waals surface area contributed by atoms with E-state index < -0.39 is 0 Å². The Morgan fingerprint density at radius 2 is 2.15 bits per heavy atom. The highest BCUT2D eigenvalue weighted by molar-refractivity contribution is 7.80. The number of thiocarbonyl (C=S) groups is 1. The lowest BCUT2D eigenvalue weighted by atomic mass is 10.2. The Kier molecular flexibility index (Phi) is 5.73. The van der Waals surface area contributed by atoms with Crippen LogP contribution in [-0.2, 0) is 6.54 Å². The predicted molar refractivity (Wildman–Crippen MR) is 113 cm³/mol. The topological polar surface area (TPSA) is 71.1 Å². The number of anilines is 1. The fourth-order valence-electron chi connectivity index (χ4n) is 2.67. The monoisotopic (exact) mass is 400 g/mol. The first-order chi connectivity index (χ1) is 13.0. The fraction of sp³-hybridized carbons (Fsp3) is 0.105. The molecular formula is C19H17ClN4O2S. The maximum absolute atomic E-state index is 10.5. The first kappa shape index (κ1) is 18.9. The Hall–Kier alpha value is -2.90. The van der Waals surface area contributed by atoms with Gasteiger partial charge in [0, 0.05) is 17.6 Å². The average Bonchev–Trinajstić information content (AvgIpc) is 2.92. The van der Waals surface area contributed by atoms with E-state index in [0.717, 1.165) is 10.9 Å². The zero-order valence-corrected chi connectivity index (χ0v) is 16.1. The SMILES string of the molecule is C=CCn1c(O)c(N=NC(=S)Nc2ccc(OC)c(Cl)c2)c2ccccc21. The summed E-state index contributed by atoms with van der Waals surface area (Å²) in [5.41, 5.74) is 1.84. The van der Waals surface area contributed by atoms with Gasteiger partial charge < -0.3 is 19.7 Å². The molecule has 0 saturated carbocycles. The molecule has 0 unspecified atom stereocenters. The minimum atomic E-state index is 0.00939. The number of ether oxygens (including phenoxy) is 1. The Morgan fingerprint density at radius 1 is 1.37 bits per heavy atom. The molecule has 2 N–H and O–H groups in total. The van der Waals surface area contributed by atoms with Crippen LogP contribution in [0, 0.1) is 0 Å². The average molecular weight is 401 g/mol. The maximum Gasteiger partial charge on any atom is 0.221 e. The number of para-hydroxylation sites is 1. The number of allylic oxidation sites excluding steroid dienone is 1. The van der Waals surface area contributed by atoms with Gasteiger partial charge in [-0.1, -0.05) is 35.9 Å². The van der Waals surface area contributed by atoms with E-state index in [1.165, 1.54) is 0 Å². The summed E-state index contributed by atoms with van der Waals surface area (Å²) in [5.74, 6) is 0.574. The van der Waals surface area contributed by atoms with Gasteiger partial charge in [-0.15, -0.1) is 16.8 Å². The zero-order chi connectivity index (χ0) is 19.4. The molecule has 3 aromatic rings. The minimum Gasteiger partial charge on any atom is -0.495 e. The van der Waals surface area contributed by atoms with Crippen LogP contribution in [0.1, 0.15) is 0 Å². The number of halogens is 1. The van der Waals surface area contributed by atoms with Crippen LogP contribution in [0.15, 0.2) is 65.3 Å². The largest absolute Gasteiger partial charge is 0.495 e. The van der Waals surface area contributed by atoms with Crippen LogP contribution in [-0.4, -0.2) is 21.9 Å². The summed E-state index contributed by atoms with van der Waals surface area (Å²) in [4.78, 5) is 0. The van der Waals surface area contributed by atoms with Crippen LogP contribution >= 0.6 is 23.8 Å². The predicted octanol–water partition coefficient (Wildman–Crippen LogP) is 5.68. The second-order valence-electron chi connectivity index (χ2n) is 5.57. The molecule has 0 aliphatic rings. The normalized spacial score (nSPS) is 11.0. The highest BCUT2D eigenvalue weighted by atomic mass is 35.5. The van der Waals surface area contributed by atoms with Gasteiger partial charge in [0.15, 0.2) is 5.69 Å². The van der Waals surface area contributed by atoms with Gasteiger partial charge in [0.25, 0.3) is 0 Å². The van der Waals surface area contributed by atoms with Gasteiger partial charge in [-0.05, 0) is 36.5 Å². The molecular weight excluding hydrogens is 384 g/mol. The molecule has 2 aromatic carbocycles. The Balaban J connectivity index is 1.85. The highest BCUT2D eigenvalue weighted by Crippen LogP contribution is 2.38. The van der Waals surface area contributed by atoms with Crippen molar-refractivity contribution in [1.29, 1.82) is 0 Å². The van der Waals surface area contributed by atoms with E-state index in [1.54, 1.807) is 36.0 Å². The van der Waals surface area contributed by atoms with Crippen molar-refractivity contribution in [3.05, 3.63) is 60.1 Å².